The quantitative estimate of drug-likeness (QED) is 0.130. The lowest BCUT2D eigenvalue weighted by Crippen LogP contribution is -2.56. The minimum Gasteiger partial charge on any atom is -0.445 e. The van der Waals surface area contributed by atoms with Gasteiger partial charge in [0, 0.05) is 29.9 Å². The fourth-order valence-electron chi connectivity index (χ4n) is 4.07. The molecule has 4 rings (SSSR count). The third-order valence-electron chi connectivity index (χ3n) is 5.98. The average Bonchev–Trinajstić information content (AvgIpc) is 3.34. The number of aromatic nitrogens is 1. The number of carbonyl (C=O) groups excluding carboxylic acids is 3. The molecule has 1 aromatic heterocycles. The van der Waals surface area contributed by atoms with E-state index in [1.54, 1.807) is 6.20 Å². The van der Waals surface area contributed by atoms with Crippen LogP contribution in [-0.2, 0) is 33.8 Å². The van der Waals surface area contributed by atoms with E-state index in [1.807, 2.05) is 84.9 Å². The molecule has 190 valence electrons. The minimum atomic E-state index is -0.985. The number of para-hydroxylation sites is 1. The number of hydrazine groups is 1. The molecule has 0 bridgehead atoms. The molecule has 2 atom stereocenters. The smallest absolute Gasteiger partial charge is 0.408 e. The van der Waals surface area contributed by atoms with Crippen LogP contribution in [0.5, 0.6) is 0 Å². The summed E-state index contributed by atoms with van der Waals surface area (Å²) < 4.78 is 5.32. The highest BCUT2D eigenvalue weighted by molar-refractivity contribution is 5.92. The van der Waals surface area contributed by atoms with E-state index in [0.29, 0.717) is 0 Å². The van der Waals surface area contributed by atoms with Gasteiger partial charge in [-0.1, -0.05) is 78.9 Å². The number of benzene rings is 3. The Labute approximate surface area is 214 Å². The van der Waals surface area contributed by atoms with E-state index in [0.717, 1.165) is 27.6 Å². The lowest BCUT2D eigenvalue weighted by Gasteiger charge is -2.22. The summed E-state index contributed by atoms with van der Waals surface area (Å²) in [6, 6.07) is 24.2. The zero-order valence-electron chi connectivity index (χ0n) is 20.1. The lowest BCUT2D eigenvalue weighted by atomic mass is 10.0. The second kappa shape index (κ2) is 12.4. The van der Waals surface area contributed by atoms with Gasteiger partial charge in [0.2, 0.25) is 5.91 Å². The van der Waals surface area contributed by atoms with E-state index >= 15 is 0 Å². The molecule has 0 spiro atoms. The van der Waals surface area contributed by atoms with Crippen LogP contribution in [0.1, 0.15) is 16.7 Å². The Hall–Kier alpha value is -4.63. The van der Waals surface area contributed by atoms with Crippen LogP contribution in [0.25, 0.3) is 10.9 Å². The van der Waals surface area contributed by atoms with Gasteiger partial charge in [0.1, 0.15) is 18.7 Å². The predicted octanol–water partition coefficient (Wildman–Crippen LogP) is 2.72. The van der Waals surface area contributed by atoms with Crippen molar-refractivity contribution in [2.24, 2.45) is 5.84 Å². The topological polar surface area (TPSA) is 138 Å². The van der Waals surface area contributed by atoms with Gasteiger partial charge in [-0.05, 0) is 22.8 Å². The minimum absolute atomic E-state index is 0.0606. The van der Waals surface area contributed by atoms with Crippen molar-refractivity contribution in [1.82, 2.24) is 21.0 Å². The fraction of sp³-hybridized carbons (Fsp3) is 0.179. The molecule has 0 radical (unpaired) electrons. The van der Waals surface area contributed by atoms with Gasteiger partial charge in [0.05, 0.1) is 0 Å². The van der Waals surface area contributed by atoms with Crippen molar-refractivity contribution in [3.05, 3.63) is 108 Å². The molecule has 0 fully saturated rings. The first-order valence-corrected chi connectivity index (χ1v) is 11.9. The number of fused-ring (bicyclic) bond motifs is 1. The van der Waals surface area contributed by atoms with E-state index in [9.17, 15) is 14.4 Å². The van der Waals surface area contributed by atoms with E-state index < -0.39 is 30.0 Å². The summed E-state index contributed by atoms with van der Waals surface area (Å²) in [5.74, 6) is 4.33. The highest BCUT2D eigenvalue weighted by Gasteiger charge is 2.28. The number of ether oxygens (including phenoxy) is 1. The Morgan fingerprint density at radius 2 is 1.38 bits per heavy atom. The van der Waals surface area contributed by atoms with Crippen LogP contribution in [0.4, 0.5) is 4.79 Å². The second-order valence-corrected chi connectivity index (χ2v) is 8.58. The van der Waals surface area contributed by atoms with Crippen LogP contribution >= 0.6 is 0 Å². The molecule has 1 heterocycles. The molecule has 6 N–H and O–H groups in total. The highest BCUT2D eigenvalue weighted by atomic mass is 16.5. The molecule has 4 aromatic rings. The van der Waals surface area contributed by atoms with Gasteiger partial charge in [-0.2, -0.15) is 0 Å². The molecule has 3 aromatic carbocycles. The Bertz CT molecular complexity index is 1340. The first-order chi connectivity index (χ1) is 18.0. The van der Waals surface area contributed by atoms with Crippen LogP contribution in [0, 0.1) is 0 Å². The Kier molecular flexibility index (Phi) is 8.51. The molecule has 2 unspecified atom stereocenters. The molecule has 37 heavy (non-hydrogen) atoms. The van der Waals surface area contributed by atoms with Gasteiger partial charge in [-0.25, -0.2) is 10.6 Å². The number of aromatic amines is 1. The van der Waals surface area contributed by atoms with Crippen molar-refractivity contribution in [3.63, 3.8) is 0 Å². The van der Waals surface area contributed by atoms with Crippen molar-refractivity contribution in [2.75, 3.05) is 0 Å². The van der Waals surface area contributed by atoms with Crippen molar-refractivity contribution in [1.29, 1.82) is 0 Å². The third-order valence-corrected chi connectivity index (χ3v) is 5.98. The molecule has 0 aliphatic rings. The average molecular weight is 500 g/mol. The van der Waals surface area contributed by atoms with E-state index in [2.05, 4.69) is 21.0 Å². The first-order valence-electron chi connectivity index (χ1n) is 11.9. The Morgan fingerprint density at radius 1 is 0.757 bits per heavy atom. The van der Waals surface area contributed by atoms with Crippen molar-refractivity contribution < 1.29 is 19.1 Å². The van der Waals surface area contributed by atoms with Gasteiger partial charge in [-0.15, -0.1) is 0 Å². The molecule has 0 aliphatic heterocycles. The highest BCUT2D eigenvalue weighted by Crippen LogP contribution is 2.19. The van der Waals surface area contributed by atoms with Gasteiger partial charge < -0.3 is 20.4 Å². The molecule has 9 heteroatoms. The monoisotopic (exact) mass is 499 g/mol. The van der Waals surface area contributed by atoms with Crippen LogP contribution in [0.3, 0.4) is 0 Å². The number of hydrogen-bond donors (Lipinski definition) is 5. The van der Waals surface area contributed by atoms with E-state index in [1.165, 1.54) is 0 Å². The predicted molar refractivity (Wildman–Crippen MR) is 140 cm³/mol. The van der Waals surface area contributed by atoms with Crippen LogP contribution < -0.4 is 21.9 Å². The normalized spacial score (nSPS) is 12.4. The van der Waals surface area contributed by atoms with Crippen molar-refractivity contribution in [2.45, 2.75) is 31.5 Å². The SMILES string of the molecule is NNC(=O)C(Cc1c[nH]c2ccccc12)NC(=O)C(Cc1ccccc1)NC(=O)OCc1ccccc1. The van der Waals surface area contributed by atoms with Crippen LogP contribution in [0.2, 0.25) is 0 Å². The number of hydrogen-bond acceptors (Lipinski definition) is 5. The molecule has 0 saturated carbocycles. The molecule has 0 aliphatic carbocycles. The maximum atomic E-state index is 13.4. The maximum absolute atomic E-state index is 13.4. The Balaban J connectivity index is 1.48. The maximum Gasteiger partial charge on any atom is 0.408 e. The summed E-state index contributed by atoms with van der Waals surface area (Å²) in [6.07, 6.45) is 1.47. The summed E-state index contributed by atoms with van der Waals surface area (Å²) in [4.78, 5) is 41.7. The summed E-state index contributed by atoms with van der Waals surface area (Å²) in [6.45, 7) is 0.0606. The number of alkyl carbamates (subject to hydrolysis) is 1. The molecule has 9 nitrogen and oxygen atoms in total. The molecular weight excluding hydrogens is 470 g/mol. The van der Waals surface area contributed by atoms with Gasteiger partial charge in [0.25, 0.3) is 5.91 Å². The number of nitrogens with two attached hydrogens (primary N) is 1. The summed E-state index contributed by atoms with van der Waals surface area (Å²) in [5, 5.41) is 6.34. The van der Waals surface area contributed by atoms with Crippen molar-refractivity contribution >= 4 is 28.8 Å². The zero-order valence-corrected chi connectivity index (χ0v) is 20.1. The number of carbonyl (C=O) groups is 3. The number of nitrogens with one attached hydrogen (secondary N) is 4. The summed E-state index contributed by atoms with van der Waals surface area (Å²) >= 11 is 0. The standard InChI is InChI=1S/C28H29N5O4/c29-33-27(35)25(16-21-17-30-23-14-8-7-13-22(21)23)31-26(34)24(15-19-9-3-1-4-10-19)32-28(36)37-18-20-11-5-2-6-12-20/h1-14,17,24-25,30H,15-16,18,29H2,(H,31,34)(H,32,36)(H,33,35). The largest absolute Gasteiger partial charge is 0.445 e. The third kappa shape index (κ3) is 6.96. The van der Waals surface area contributed by atoms with Gasteiger partial charge >= 0.3 is 6.09 Å². The lowest BCUT2D eigenvalue weighted by molar-refractivity contribution is -0.130. The zero-order chi connectivity index (χ0) is 26.0. The number of H-pyrrole nitrogens is 1. The van der Waals surface area contributed by atoms with E-state index in [4.69, 9.17) is 10.6 Å². The van der Waals surface area contributed by atoms with Gasteiger partial charge in [0.15, 0.2) is 0 Å². The molecule has 3 amide bonds. The molecule has 0 saturated heterocycles. The number of rotatable bonds is 10. The Morgan fingerprint density at radius 3 is 2.08 bits per heavy atom. The van der Waals surface area contributed by atoms with Crippen LogP contribution in [0.15, 0.2) is 91.1 Å². The second-order valence-electron chi connectivity index (χ2n) is 8.58. The number of amides is 3. The fourth-order valence-corrected chi connectivity index (χ4v) is 4.07. The van der Waals surface area contributed by atoms with Crippen LogP contribution in [-0.4, -0.2) is 35.0 Å². The van der Waals surface area contributed by atoms with E-state index in [-0.39, 0.29) is 19.4 Å². The summed E-state index contributed by atoms with van der Waals surface area (Å²) in [7, 11) is 0. The van der Waals surface area contributed by atoms with Crippen molar-refractivity contribution in [3.8, 4) is 0 Å². The summed E-state index contributed by atoms with van der Waals surface area (Å²) in [5.41, 5.74) is 5.54. The molecular formula is C28H29N5O4. The first kappa shape index (κ1) is 25.5. The van der Waals surface area contributed by atoms with Gasteiger partial charge in [-0.3, -0.25) is 15.0 Å².